The molecule has 0 aliphatic heterocycles. The van der Waals surface area contributed by atoms with E-state index in [1.54, 1.807) is 22.6 Å². The zero-order valence-electron chi connectivity index (χ0n) is 14.3. The summed E-state index contributed by atoms with van der Waals surface area (Å²) in [5.41, 5.74) is 5.48. The average Bonchev–Trinajstić information content (AvgIpc) is 2.36. The van der Waals surface area contributed by atoms with Crippen molar-refractivity contribution in [3.8, 4) is 0 Å². The zero-order chi connectivity index (χ0) is 14.8. The van der Waals surface area contributed by atoms with E-state index in [4.69, 9.17) is 0 Å². The molecule has 2 bridgehead atoms. The molecule has 0 N–H and O–H groups in total. The van der Waals surface area contributed by atoms with Crippen molar-refractivity contribution >= 4 is 0 Å². The Hall–Kier alpha value is -0.650. The number of rotatable bonds is 0. The summed E-state index contributed by atoms with van der Waals surface area (Å²) in [5.74, 6) is 2.60. The first-order valence-corrected chi connectivity index (χ1v) is 8.57. The second-order valence-electron chi connectivity index (χ2n) is 7.80. The molecule has 0 heterocycles. The van der Waals surface area contributed by atoms with Gasteiger partial charge in [0.2, 0.25) is 0 Å². The first kappa shape index (κ1) is 15.7. The SMILES string of the molecule is CC1=C2CC/C(C)=C/CC[C+](C)CC[C@H](CC1)C2(C)C. The maximum Gasteiger partial charge on any atom is 0.0931 e. The molecule has 2 rings (SSSR count). The van der Waals surface area contributed by atoms with Gasteiger partial charge in [0.15, 0.2) is 0 Å². The van der Waals surface area contributed by atoms with Gasteiger partial charge in [0, 0.05) is 6.42 Å². The molecule has 1 atom stereocenters. The van der Waals surface area contributed by atoms with Crippen LogP contribution in [0, 0.1) is 17.3 Å². The standard InChI is InChI=1S/C20H33/c1-15-7-6-8-16(2)10-14-19-17(3)11-13-18(12-9-15)20(19,4)5/h8,18H,6-7,9-14H2,1-5H3/q+1/b16-8+/t18-/m1/s1. The monoisotopic (exact) mass is 273 g/mol. The Morgan fingerprint density at radius 2 is 1.80 bits per heavy atom. The molecule has 20 heavy (non-hydrogen) atoms. The lowest BCUT2D eigenvalue weighted by molar-refractivity contribution is 0.205. The van der Waals surface area contributed by atoms with E-state index < -0.39 is 0 Å². The van der Waals surface area contributed by atoms with Crippen LogP contribution >= 0.6 is 0 Å². The van der Waals surface area contributed by atoms with E-state index in [2.05, 4.69) is 40.7 Å². The molecule has 2 aliphatic carbocycles. The van der Waals surface area contributed by atoms with Gasteiger partial charge in [-0.05, 0) is 57.3 Å². The Labute approximate surface area is 126 Å². The van der Waals surface area contributed by atoms with Gasteiger partial charge in [-0.15, -0.1) is 0 Å². The molecule has 0 saturated heterocycles. The fourth-order valence-electron chi connectivity index (χ4n) is 4.27. The number of allylic oxidation sites excluding steroid dienone is 4. The third-order valence-corrected chi connectivity index (χ3v) is 5.93. The molecule has 0 spiro atoms. The van der Waals surface area contributed by atoms with E-state index >= 15 is 0 Å². The van der Waals surface area contributed by atoms with E-state index in [0.29, 0.717) is 5.41 Å². The van der Waals surface area contributed by atoms with E-state index in [0.717, 1.165) is 5.92 Å². The Kier molecular flexibility index (Phi) is 5.04. The highest BCUT2D eigenvalue weighted by atomic mass is 14.4. The van der Waals surface area contributed by atoms with Gasteiger partial charge >= 0.3 is 0 Å². The van der Waals surface area contributed by atoms with Crippen molar-refractivity contribution < 1.29 is 0 Å². The van der Waals surface area contributed by atoms with Crippen molar-refractivity contribution in [3.05, 3.63) is 28.7 Å². The summed E-state index contributed by atoms with van der Waals surface area (Å²) >= 11 is 0. The molecule has 2 aliphatic rings. The fraction of sp³-hybridized carbons (Fsp3) is 0.750. The Morgan fingerprint density at radius 3 is 2.55 bits per heavy atom. The van der Waals surface area contributed by atoms with Crippen molar-refractivity contribution in [2.24, 2.45) is 11.3 Å². The third-order valence-electron chi connectivity index (χ3n) is 5.93. The van der Waals surface area contributed by atoms with Crippen LogP contribution in [0.15, 0.2) is 22.8 Å². The summed E-state index contributed by atoms with van der Waals surface area (Å²) in [7, 11) is 0. The van der Waals surface area contributed by atoms with Crippen LogP contribution in [0.1, 0.15) is 86.0 Å². The lowest BCUT2D eigenvalue weighted by atomic mass is 9.62. The molecule has 0 heteroatoms. The van der Waals surface area contributed by atoms with E-state index in [1.807, 2.05) is 0 Å². The molecule has 0 radical (unpaired) electrons. The Bertz CT molecular complexity index is 394. The molecule has 0 saturated carbocycles. The summed E-state index contributed by atoms with van der Waals surface area (Å²) in [6, 6.07) is 0. The number of hydrogen-bond acceptors (Lipinski definition) is 0. The van der Waals surface area contributed by atoms with Crippen LogP contribution in [-0.4, -0.2) is 0 Å². The van der Waals surface area contributed by atoms with E-state index in [9.17, 15) is 0 Å². The third kappa shape index (κ3) is 3.51. The lowest BCUT2D eigenvalue weighted by Gasteiger charge is -2.42. The first-order chi connectivity index (χ1) is 9.41. The van der Waals surface area contributed by atoms with Gasteiger partial charge in [-0.2, -0.15) is 0 Å². The fourth-order valence-corrected chi connectivity index (χ4v) is 4.27. The largest absolute Gasteiger partial charge is 0.0931 e. The minimum atomic E-state index is 0.419. The molecule has 112 valence electrons. The normalized spacial score (nSPS) is 31.1. The van der Waals surface area contributed by atoms with Crippen LogP contribution in [0.5, 0.6) is 0 Å². The quantitative estimate of drug-likeness (QED) is 0.343. The van der Waals surface area contributed by atoms with Gasteiger partial charge in [0.25, 0.3) is 0 Å². The van der Waals surface area contributed by atoms with Gasteiger partial charge in [-0.25, -0.2) is 0 Å². The van der Waals surface area contributed by atoms with Crippen molar-refractivity contribution in [3.63, 3.8) is 0 Å². The second kappa shape index (κ2) is 6.41. The van der Waals surface area contributed by atoms with Crippen LogP contribution in [0.25, 0.3) is 0 Å². The van der Waals surface area contributed by atoms with Crippen molar-refractivity contribution in [2.45, 2.75) is 86.0 Å². The van der Waals surface area contributed by atoms with Gasteiger partial charge in [0.1, 0.15) is 0 Å². The summed E-state index contributed by atoms with van der Waals surface area (Å²) in [6.45, 7) is 12.1. The maximum absolute atomic E-state index is 2.51. The number of fused-ring (bicyclic) bond motifs is 2. The van der Waals surface area contributed by atoms with Crippen LogP contribution in [-0.2, 0) is 0 Å². The van der Waals surface area contributed by atoms with Crippen molar-refractivity contribution in [2.75, 3.05) is 0 Å². The van der Waals surface area contributed by atoms with Crippen LogP contribution in [0.2, 0.25) is 0 Å². The van der Waals surface area contributed by atoms with Crippen molar-refractivity contribution in [1.29, 1.82) is 0 Å². The predicted octanol–water partition coefficient (Wildman–Crippen LogP) is 6.63. The summed E-state index contributed by atoms with van der Waals surface area (Å²) in [6.07, 6.45) is 13.1. The van der Waals surface area contributed by atoms with E-state index in [1.165, 1.54) is 51.4 Å². The summed E-state index contributed by atoms with van der Waals surface area (Å²) < 4.78 is 0. The highest BCUT2D eigenvalue weighted by Crippen LogP contribution is 2.49. The molecular weight excluding hydrogens is 240 g/mol. The molecular formula is C20H33+. The van der Waals surface area contributed by atoms with Crippen LogP contribution in [0.4, 0.5) is 0 Å². The molecule has 0 aromatic heterocycles. The topological polar surface area (TPSA) is 0 Å². The van der Waals surface area contributed by atoms with Gasteiger partial charge < -0.3 is 0 Å². The molecule has 0 unspecified atom stereocenters. The highest BCUT2D eigenvalue weighted by molar-refractivity contribution is 5.25. The highest BCUT2D eigenvalue weighted by Gasteiger charge is 2.37. The zero-order valence-corrected chi connectivity index (χ0v) is 14.3. The van der Waals surface area contributed by atoms with Crippen LogP contribution in [0.3, 0.4) is 0 Å². The average molecular weight is 273 g/mol. The Morgan fingerprint density at radius 1 is 1.05 bits per heavy atom. The maximum atomic E-state index is 2.51. The summed E-state index contributed by atoms with van der Waals surface area (Å²) in [4.78, 5) is 0. The summed E-state index contributed by atoms with van der Waals surface area (Å²) in [5, 5.41) is 0. The molecule has 0 fully saturated rings. The first-order valence-electron chi connectivity index (χ1n) is 8.57. The predicted molar refractivity (Wildman–Crippen MR) is 89.6 cm³/mol. The molecule has 0 amide bonds. The van der Waals surface area contributed by atoms with Crippen molar-refractivity contribution in [1.82, 2.24) is 0 Å². The van der Waals surface area contributed by atoms with Gasteiger partial charge in [-0.1, -0.05) is 36.6 Å². The van der Waals surface area contributed by atoms with E-state index in [-0.39, 0.29) is 0 Å². The Balaban J connectivity index is 2.25. The van der Waals surface area contributed by atoms with Gasteiger partial charge in [0.05, 0.1) is 25.7 Å². The number of hydrogen-bond donors (Lipinski definition) is 0. The minimum absolute atomic E-state index is 0.419. The minimum Gasteiger partial charge on any atom is -0.0814 e. The lowest BCUT2D eigenvalue weighted by Crippen LogP contribution is -2.31. The van der Waals surface area contributed by atoms with Gasteiger partial charge in [-0.3, -0.25) is 0 Å². The molecule has 0 nitrogen and oxygen atoms in total. The molecule has 0 aromatic carbocycles. The molecule has 0 aromatic rings. The second-order valence-corrected chi connectivity index (χ2v) is 7.80. The smallest absolute Gasteiger partial charge is 0.0814 e. The van der Waals surface area contributed by atoms with Crippen LogP contribution < -0.4 is 0 Å².